The van der Waals surface area contributed by atoms with E-state index in [1.165, 1.54) is 24.3 Å². The van der Waals surface area contributed by atoms with Crippen molar-refractivity contribution in [2.24, 2.45) is 0 Å². The third-order valence-electron chi connectivity index (χ3n) is 4.18. The number of nitrogens with zero attached hydrogens (tertiary/aromatic N) is 2. The Labute approximate surface area is 184 Å². The van der Waals surface area contributed by atoms with Crippen LogP contribution in [0.5, 0.6) is 0 Å². The molecule has 0 fully saturated rings. The Morgan fingerprint density at radius 1 is 0.967 bits per heavy atom. The van der Waals surface area contributed by atoms with Gasteiger partial charge in [0.15, 0.2) is 0 Å². The van der Waals surface area contributed by atoms with E-state index in [-0.39, 0.29) is 16.9 Å². The molecule has 0 bridgehead atoms. The van der Waals surface area contributed by atoms with Crippen molar-refractivity contribution in [1.82, 2.24) is 10.2 Å². The van der Waals surface area contributed by atoms with Crippen LogP contribution in [0.15, 0.2) is 93.0 Å². The van der Waals surface area contributed by atoms with E-state index in [1.807, 2.05) is 54.6 Å². The monoisotopic (exact) mass is 483 g/mol. The second-order valence-corrected chi connectivity index (χ2v) is 8.17. The number of carbonyl (C=O) groups is 1. The minimum Gasteiger partial charge on any atom is -0.411 e. The summed E-state index contributed by atoms with van der Waals surface area (Å²) in [6, 6.07) is 22.4. The Kier molecular flexibility index (Phi) is 6.25. The maximum absolute atomic E-state index is 13.2. The van der Waals surface area contributed by atoms with Crippen LogP contribution in [-0.4, -0.2) is 16.1 Å². The summed E-state index contributed by atoms with van der Waals surface area (Å²) in [6.07, 6.45) is 0. The highest BCUT2D eigenvalue weighted by Gasteiger charge is 2.25. The first-order valence-corrected chi connectivity index (χ1v) is 10.6. The maximum atomic E-state index is 13.2. The van der Waals surface area contributed by atoms with Gasteiger partial charge in [-0.1, -0.05) is 42.5 Å². The van der Waals surface area contributed by atoms with Gasteiger partial charge < -0.3 is 9.73 Å². The fourth-order valence-corrected chi connectivity index (χ4v) is 4.07. The van der Waals surface area contributed by atoms with E-state index in [4.69, 9.17) is 4.42 Å². The zero-order valence-electron chi connectivity index (χ0n) is 15.5. The van der Waals surface area contributed by atoms with Gasteiger partial charge in [-0.15, -0.1) is 10.2 Å². The lowest BCUT2D eigenvalue weighted by atomic mass is 10.1. The van der Waals surface area contributed by atoms with E-state index in [0.717, 1.165) is 27.4 Å². The minimum atomic E-state index is -0.635. The molecule has 150 valence electrons. The molecule has 3 aromatic carbocycles. The lowest BCUT2D eigenvalue weighted by Gasteiger charge is -2.15. The lowest BCUT2D eigenvalue weighted by molar-refractivity contribution is -0.115. The van der Waals surface area contributed by atoms with Crippen molar-refractivity contribution in [3.63, 3.8) is 0 Å². The number of hydrogen-bond acceptors (Lipinski definition) is 5. The van der Waals surface area contributed by atoms with Crippen molar-refractivity contribution in [1.29, 1.82) is 0 Å². The highest BCUT2D eigenvalue weighted by molar-refractivity contribution is 9.10. The molecule has 0 saturated carbocycles. The van der Waals surface area contributed by atoms with Gasteiger partial charge in [-0.2, -0.15) is 0 Å². The van der Waals surface area contributed by atoms with Crippen LogP contribution in [0.25, 0.3) is 11.5 Å². The van der Waals surface area contributed by atoms with Crippen LogP contribution in [0.2, 0.25) is 0 Å². The zero-order chi connectivity index (χ0) is 20.9. The molecule has 0 aliphatic carbocycles. The van der Waals surface area contributed by atoms with Crippen molar-refractivity contribution in [3.05, 3.63) is 94.7 Å². The van der Waals surface area contributed by atoms with Gasteiger partial charge in [0.2, 0.25) is 11.8 Å². The Morgan fingerprint density at radius 2 is 1.67 bits per heavy atom. The first-order valence-electron chi connectivity index (χ1n) is 8.96. The van der Waals surface area contributed by atoms with Crippen molar-refractivity contribution in [2.45, 2.75) is 10.5 Å². The van der Waals surface area contributed by atoms with Crippen molar-refractivity contribution >= 4 is 39.3 Å². The van der Waals surface area contributed by atoms with Crippen LogP contribution >= 0.6 is 27.7 Å². The highest BCUT2D eigenvalue weighted by Crippen LogP contribution is 2.37. The Hall–Kier alpha value is -2.97. The van der Waals surface area contributed by atoms with Crippen LogP contribution in [0.4, 0.5) is 10.1 Å². The standard InChI is InChI=1S/C22H15BrFN3O2S/c23-18-9-5-4-8-17(18)21-26-27-22(29-21)30-19(14-6-2-1-3-7-14)20(28)25-16-12-10-15(24)11-13-16/h1-13,19H,(H,25,28). The molecule has 4 rings (SSSR count). The first kappa shape index (κ1) is 20.3. The predicted molar refractivity (Wildman–Crippen MR) is 118 cm³/mol. The number of aromatic nitrogens is 2. The number of nitrogens with one attached hydrogen (secondary N) is 1. The summed E-state index contributed by atoms with van der Waals surface area (Å²) >= 11 is 4.62. The van der Waals surface area contributed by atoms with Gasteiger partial charge in [-0.05, 0) is 69.7 Å². The summed E-state index contributed by atoms with van der Waals surface area (Å²) in [6.45, 7) is 0. The molecule has 1 atom stereocenters. The number of rotatable bonds is 6. The minimum absolute atomic E-state index is 0.267. The maximum Gasteiger partial charge on any atom is 0.277 e. The predicted octanol–water partition coefficient (Wildman–Crippen LogP) is 6.11. The molecule has 1 unspecified atom stereocenters. The smallest absolute Gasteiger partial charge is 0.277 e. The summed E-state index contributed by atoms with van der Waals surface area (Å²) in [5.74, 6) is -0.290. The summed E-state index contributed by atoms with van der Waals surface area (Å²) in [4.78, 5) is 13.0. The van der Waals surface area contributed by atoms with Gasteiger partial charge in [0.05, 0.1) is 5.56 Å². The van der Waals surface area contributed by atoms with Gasteiger partial charge in [0, 0.05) is 10.2 Å². The molecule has 0 aliphatic heterocycles. The number of hydrogen-bond donors (Lipinski definition) is 1. The Bertz CT molecular complexity index is 1150. The molecule has 30 heavy (non-hydrogen) atoms. The zero-order valence-corrected chi connectivity index (χ0v) is 17.9. The second-order valence-electron chi connectivity index (χ2n) is 6.26. The second kappa shape index (κ2) is 9.23. The summed E-state index contributed by atoms with van der Waals surface area (Å²) in [5, 5.41) is 10.6. The highest BCUT2D eigenvalue weighted by atomic mass is 79.9. The number of thioether (sulfide) groups is 1. The van der Waals surface area contributed by atoms with E-state index < -0.39 is 5.25 Å². The molecule has 0 saturated heterocycles. The molecule has 1 aromatic heterocycles. The van der Waals surface area contributed by atoms with Gasteiger partial charge >= 0.3 is 0 Å². The molecule has 1 amide bonds. The third kappa shape index (κ3) is 4.77. The summed E-state index contributed by atoms with van der Waals surface area (Å²) in [7, 11) is 0. The normalized spacial score (nSPS) is 11.8. The van der Waals surface area contributed by atoms with Crippen molar-refractivity contribution < 1.29 is 13.6 Å². The molecular formula is C22H15BrFN3O2S. The van der Waals surface area contributed by atoms with Gasteiger partial charge in [-0.25, -0.2) is 4.39 Å². The number of carbonyl (C=O) groups excluding carboxylic acids is 1. The first-order chi connectivity index (χ1) is 14.6. The lowest BCUT2D eigenvalue weighted by Crippen LogP contribution is -2.19. The van der Waals surface area contributed by atoms with Crippen LogP contribution in [0, 0.1) is 5.82 Å². The molecule has 0 spiro atoms. The van der Waals surface area contributed by atoms with Crippen molar-refractivity contribution in [2.75, 3.05) is 5.32 Å². The number of benzene rings is 3. The fraction of sp³-hybridized carbons (Fsp3) is 0.0455. The fourth-order valence-electron chi connectivity index (χ4n) is 2.74. The summed E-state index contributed by atoms with van der Waals surface area (Å²) in [5.41, 5.74) is 2.05. The third-order valence-corrected chi connectivity index (χ3v) is 5.96. The van der Waals surface area contributed by atoms with Crippen LogP contribution in [0.3, 0.4) is 0 Å². The molecule has 1 heterocycles. The number of halogens is 2. The largest absolute Gasteiger partial charge is 0.411 e. The average molecular weight is 484 g/mol. The topological polar surface area (TPSA) is 68.0 Å². The van der Waals surface area contributed by atoms with Crippen molar-refractivity contribution in [3.8, 4) is 11.5 Å². The summed E-state index contributed by atoms with van der Waals surface area (Å²) < 4.78 is 19.8. The Balaban J connectivity index is 1.59. The number of anilines is 1. The number of amides is 1. The van der Waals surface area contributed by atoms with E-state index in [1.54, 1.807) is 0 Å². The van der Waals surface area contributed by atoms with Gasteiger partial charge in [0.1, 0.15) is 11.1 Å². The van der Waals surface area contributed by atoms with Gasteiger partial charge in [-0.3, -0.25) is 4.79 Å². The average Bonchev–Trinajstić information content (AvgIpc) is 3.23. The van der Waals surface area contributed by atoms with Crippen LogP contribution in [0.1, 0.15) is 10.8 Å². The van der Waals surface area contributed by atoms with Gasteiger partial charge in [0.25, 0.3) is 5.22 Å². The molecular weight excluding hydrogens is 469 g/mol. The van der Waals surface area contributed by atoms with E-state index >= 15 is 0 Å². The molecule has 1 N–H and O–H groups in total. The molecule has 4 aromatic rings. The SMILES string of the molecule is O=C(Nc1ccc(F)cc1)C(Sc1nnc(-c2ccccc2Br)o1)c1ccccc1. The molecule has 0 radical (unpaired) electrons. The molecule has 5 nitrogen and oxygen atoms in total. The van der Waals surface area contributed by atoms with E-state index in [9.17, 15) is 9.18 Å². The molecule has 0 aliphatic rings. The van der Waals surface area contributed by atoms with Crippen LogP contribution < -0.4 is 5.32 Å². The molecule has 8 heteroatoms. The van der Waals surface area contributed by atoms with Crippen LogP contribution in [-0.2, 0) is 4.79 Å². The Morgan fingerprint density at radius 3 is 2.40 bits per heavy atom. The van der Waals surface area contributed by atoms with E-state index in [0.29, 0.717) is 11.6 Å². The van der Waals surface area contributed by atoms with E-state index in [2.05, 4.69) is 31.4 Å². The quantitative estimate of drug-likeness (QED) is 0.335.